The van der Waals surface area contributed by atoms with Crippen molar-refractivity contribution in [3.05, 3.63) is 101 Å². The zero-order valence-electron chi connectivity index (χ0n) is 17.4. The number of hydrogen-bond donors (Lipinski definition) is 2. The number of carbonyl (C=O) groups excluding carboxylic acids is 3. The van der Waals surface area contributed by atoms with E-state index in [0.29, 0.717) is 28.4 Å². The summed E-state index contributed by atoms with van der Waals surface area (Å²) in [5.74, 6) is 2.23. The van der Waals surface area contributed by atoms with Gasteiger partial charge >= 0.3 is 5.97 Å². The summed E-state index contributed by atoms with van der Waals surface area (Å²) in [7, 11) is 1.30. The standard InChI is InChI=1S/C25H18F2N2O4/c1-33-25(32)18-6-2-4-16(12-18)8-9-17-5-3-7-20(13-17)29-23(30)15-28-24(31)21-11-10-19(26)14-22(21)27/h2-7,10-14H,15H2,1H3,(H,28,31)(H,29,30). The summed E-state index contributed by atoms with van der Waals surface area (Å²) in [4.78, 5) is 35.8. The fourth-order valence-electron chi connectivity index (χ4n) is 2.80. The number of benzene rings is 3. The molecule has 33 heavy (non-hydrogen) atoms. The first-order valence-corrected chi connectivity index (χ1v) is 9.69. The maximum absolute atomic E-state index is 13.7. The molecule has 3 rings (SSSR count). The van der Waals surface area contributed by atoms with Crippen LogP contribution in [0, 0.1) is 23.5 Å². The molecule has 3 aromatic carbocycles. The summed E-state index contributed by atoms with van der Waals surface area (Å²) in [6.07, 6.45) is 0. The van der Waals surface area contributed by atoms with Crippen LogP contribution in [0.5, 0.6) is 0 Å². The van der Waals surface area contributed by atoms with Gasteiger partial charge in [0, 0.05) is 22.9 Å². The van der Waals surface area contributed by atoms with Crippen LogP contribution in [0.4, 0.5) is 14.5 Å². The molecule has 2 N–H and O–H groups in total. The van der Waals surface area contributed by atoms with Gasteiger partial charge in [-0.3, -0.25) is 9.59 Å². The predicted octanol–water partition coefficient (Wildman–Crippen LogP) is 3.52. The molecule has 0 fully saturated rings. The number of esters is 1. The monoisotopic (exact) mass is 448 g/mol. The molecule has 0 atom stereocenters. The van der Waals surface area contributed by atoms with Crippen LogP contribution in [-0.2, 0) is 9.53 Å². The molecule has 0 heterocycles. The SMILES string of the molecule is COC(=O)c1cccc(C#Cc2cccc(NC(=O)CNC(=O)c3ccc(F)cc3F)c2)c1. The first-order valence-electron chi connectivity index (χ1n) is 9.69. The summed E-state index contributed by atoms with van der Waals surface area (Å²) >= 11 is 0. The predicted molar refractivity (Wildman–Crippen MR) is 118 cm³/mol. The number of amides is 2. The Kier molecular flexibility index (Phi) is 7.50. The van der Waals surface area contributed by atoms with E-state index in [1.54, 1.807) is 48.5 Å². The second kappa shape index (κ2) is 10.7. The molecule has 0 aliphatic carbocycles. The lowest BCUT2D eigenvalue weighted by Gasteiger charge is -2.08. The summed E-state index contributed by atoms with van der Waals surface area (Å²) in [5.41, 5.74) is 1.68. The van der Waals surface area contributed by atoms with Gasteiger partial charge < -0.3 is 15.4 Å². The van der Waals surface area contributed by atoms with E-state index in [1.165, 1.54) is 7.11 Å². The first-order chi connectivity index (χ1) is 15.9. The van der Waals surface area contributed by atoms with E-state index in [2.05, 4.69) is 27.2 Å². The molecule has 0 unspecified atom stereocenters. The second-order valence-corrected chi connectivity index (χ2v) is 6.76. The van der Waals surface area contributed by atoms with E-state index in [1.807, 2.05) is 0 Å². The lowest BCUT2D eigenvalue weighted by molar-refractivity contribution is -0.115. The van der Waals surface area contributed by atoms with Gasteiger partial charge in [-0.05, 0) is 48.5 Å². The highest BCUT2D eigenvalue weighted by Crippen LogP contribution is 2.12. The van der Waals surface area contributed by atoms with Gasteiger partial charge in [0.05, 0.1) is 24.8 Å². The minimum Gasteiger partial charge on any atom is -0.465 e. The summed E-state index contributed by atoms with van der Waals surface area (Å²) < 4.78 is 31.3. The smallest absolute Gasteiger partial charge is 0.337 e. The zero-order valence-corrected chi connectivity index (χ0v) is 17.4. The molecule has 8 heteroatoms. The van der Waals surface area contributed by atoms with Crippen LogP contribution < -0.4 is 10.6 Å². The van der Waals surface area contributed by atoms with Crippen molar-refractivity contribution in [1.29, 1.82) is 0 Å². The highest BCUT2D eigenvalue weighted by Gasteiger charge is 2.13. The molecule has 0 bridgehead atoms. The summed E-state index contributed by atoms with van der Waals surface area (Å²) in [6, 6.07) is 15.9. The number of methoxy groups -OCH3 is 1. The van der Waals surface area contributed by atoms with Crippen LogP contribution in [-0.4, -0.2) is 31.4 Å². The largest absolute Gasteiger partial charge is 0.465 e. The minimum atomic E-state index is -1.02. The Labute approximate surface area is 188 Å². The van der Waals surface area contributed by atoms with Gasteiger partial charge in [-0.25, -0.2) is 13.6 Å². The number of ether oxygens (including phenoxy) is 1. The van der Waals surface area contributed by atoms with E-state index in [4.69, 9.17) is 0 Å². The third-order valence-corrected chi connectivity index (χ3v) is 4.37. The van der Waals surface area contributed by atoms with Crippen molar-refractivity contribution in [2.24, 2.45) is 0 Å². The van der Waals surface area contributed by atoms with Crippen LogP contribution in [0.3, 0.4) is 0 Å². The van der Waals surface area contributed by atoms with Crippen molar-refractivity contribution in [1.82, 2.24) is 5.32 Å². The van der Waals surface area contributed by atoms with E-state index >= 15 is 0 Å². The highest BCUT2D eigenvalue weighted by molar-refractivity contribution is 5.99. The van der Waals surface area contributed by atoms with Crippen LogP contribution in [0.1, 0.15) is 31.8 Å². The Morgan fingerprint density at radius 1 is 0.909 bits per heavy atom. The minimum absolute atomic E-state index is 0.363. The third-order valence-electron chi connectivity index (χ3n) is 4.37. The lowest BCUT2D eigenvalue weighted by atomic mass is 10.1. The number of nitrogens with one attached hydrogen (secondary N) is 2. The van der Waals surface area contributed by atoms with Gasteiger partial charge in [0.1, 0.15) is 11.6 Å². The Bertz CT molecular complexity index is 1280. The van der Waals surface area contributed by atoms with Crippen LogP contribution >= 0.6 is 0 Å². The molecular formula is C25H18F2N2O4. The molecular weight excluding hydrogens is 430 g/mol. The Morgan fingerprint density at radius 3 is 2.30 bits per heavy atom. The fourth-order valence-corrected chi connectivity index (χ4v) is 2.80. The number of hydrogen-bond acceptors (Lipinski definition) is 4. The van der Waals surface area contributed by atoms with Gasteiger partial charge in [0.15, 0.2) is 0 Å². The zero-order chi connectivity index (χ0) is 23.8. The van der Waals surface area contributed by atoms with Crippen molar-refractivity contribution in [3.63, 3.8) is 0 Å². The third kappa shape index (κ3) is 6.48. The molecule has 0 saturated heterocycles. The molecule has 0 saturated carbocycles. The molecule has 0 radical (unpaired) electrons. The maximum Gasteiger partial charge on any atom is 0.337 e. The van der Waals surface area contributed by atoms with Gasteiger partial charge in [-0.1, -0.05) is 24.0 Å². The molecule has 6 nitrogen and oxygen atoms in total. The van der Waals surface area contributed by atoms with E-state index in [9.17, 15) is 23.2 Å². The Morgan fingerprint density at radius 2 is 1.61 bits per heavy atom. The molecule has 3 aromatic rings. The maximum atomic E-state index is 13.7. The second-order valence-electron chi connectivity index (χ2n) is 6.76. The van der Waals surface area contributed by atoms with Crippen LogP contribution in [0.15, 0.2) is 66.7 Å². The molecule has 0 aliphatic rings. The van der Waals surface area contributed by atoms with E-state index in [-0.39, 0.29) is 5.56 Å². The molecule has 0 spiro atoms. The van der Waals surface area contributed by atoms with Crippen molar-refractivity contribution in [2.45, 2.75) is 0 Å². The van der Waals surface area contributed by atoms with Crippen LogP contribution in [0.25, 0.3) is 0 Å². The molecule has 166 valence electrons. The lowest BCUT2D eigenvalue weighted by Crippen LogP contribution is -2.33. The quantitative estimate of drug-likeness (QED) is 0.462. The van der Waals surface area contributed by atoms with Gasteiger partial charge in [0.2, 0.25) is 5.91 Å². The van der Waals surface area contributed by atoms with Gasteiger partial charge in [-0.15, -0.1) is 0 Å². The van der Waals surface area contributed by atoms with Crippen molar-refractivity contribution in [3.8, 4) is 11.8 Å². The van der Waals surface area contributed by atoms with Gasteiger partial charge in [0.25, 0.3) is 5.91 Å². The Hall–Kier alpha value is -4.51. The van der Waals surface area contributed by atoms with Crippen molar-refractivity contribution >= 4 is 23.5 Å². The first kappa shape index (κ1) is 23.2. The number of halogens is 2. The average Bonchev–Trinajstić information content (AvgIpc) is 2.81. The van der Waals surface area contributed by atoms with E-state index in [0.717, 1.165) is 12.1 Å². The van der Waals surface area contributed by atoms with E-state index < -0.39 is 36.0 Å². The normalized spacial score (nSPS) is 9.91. The number of anilines is 1. The van der Waals surface area contributed by atoms with Crippen molar-refractivity contribution < 1.29 is 27.9 Å². The Balaban J connectivity index is 1.61. The summed E-state index contributed by atoms with van der Waals surface area (Å²) in [6.45, 7) is -0.411. The average molecular weight is 448 g/mol. The topological polar surface area (TPSA) is 84.5 Å². The van der Waals surface area contributed by atoms with Gasteiger partial charge in [-0.2, -0.15) is 0 Å². The molecule has 2 amide bonds. The number of rotatable bonds is 5. The summed E-state index contributed by atoms with van der Waals surface area (Å²) in [5, 5.41) is 4.89. The molecule has 0 aliphatic heterocycles. The van der Waals surface area contributed by atoms with Crippen LogP contribution in [0.2, 0.25) is 0 Å². The number of carbonyl (C=O) groups is 3. The van der Waals surface area contributed by atoms with Crippen molar-refractivity contribution in [2.75, 3.05) is 19.0 Å². The molecule has 0 aromatic heterocycles. The fraction of sp³-hybridized carbons (Fsp3) is 0.0800. The highest BCUT2D eigenvalue weighted by atomic mass is 19.1.